The highest BCUT2D eigenvalue weighted by Crippen LogP contribution is 2.28. The van der Waals surface area contributed by atoms with Gasteiger partial charge < -0.3 is 19.6 Å². The van der Waals surface area contributed by atoms with Gasteiger partial charge in [0, 0.05) is 6.42 Å². The van der Waals surface area contributed by atoms with E-state index < -0.39 is 6.04 Å². The highest BCUT2D eigenvalue weighted by atomic mass is 16.5. The van der Waals surface area contributed by atoms with Gasteiger partial charge in [0.15, 0.2) is 0 Å². The smallest absolute Gasteiger partial charge is 0.221 e. The first-order chi connectivity index (χ1) is 10.7. The zero-order valence-corrected chi connectivity index (χ0v) is 12.8. The van der Waals surface area contributed by atoms with Crippen LogP contribution in [0, 0.1) is 0 Å². The summed E-state index contributed by atoms with van der Waals surface area (Å²) in [4.78, 5) is 12.2. The molecular formula is C17H21NO4. The van der Waals surface area contributed by atoms with E-state index in [-0.39, 0.29) is 18.4 Å². The number of para-hydroxylation sites is 1. The second-order valence-corrected chi connectivity index (χ2v) is 5.17. The summed E-state index contributed by atoms with van der Waals surface area (Å²) in [6.45, 7) is 1.76. The molecule has 0 saturated carbocycles. The second-order valence-electron chi connectivity index (χ2n) is 5.17. The van der Waals surface area contributed by atoms with E-state index in [2.05, 4.69) is 5.32 Å². The van der Waals surface area contributed by atoms with Crippen LogP contribution in [0.15, 0.2) is 47.1 Å². The Morgan fingerprint density at radius 1 is 1.32 bits per heavy atom. The number of amides is 1. The normalized spacial score (nSPS) is 13.4. The van der Waals surface area contributed by atoms with Gasteiger partial charge in [-0.2, -0.15) is 0 Å². The van der Waals surface area contributed by atoms with Crippen LogP contribution in [0.3, 0.4) is 0 Å². The van der Waals surface area contributed by atoms with Crippen molar-refractivity contribution in [1.82, 2.24) is 5.32 Å². The van der Waals surface area contributed by atoms with Crippen LogP contribution in [0.25, 0.3) is 0 Å². The Balaban J connectivity index is 1.99. The Morgan fingerprint density at radius 3 is 2.73 bits per heavy atom. The van der Waals surface area contributed by atoms with E-state index in [0.29, 0.717) is 12.2 Å². The van der Waals surface area contributed by atoms with Gasteiger partial charge in [-0.3, -0.25) is 4.79 Å². The van der Waals surface area contributed by atoms with Crippen molar-refractivity contribution in [3.63, 3.8) is 0 Å². The van der Waals surface area contributed by atoms with Crippen LogP contribution in [0.2, 0.25) is 0 Å². The van der Waals surface area contributed by atoms with Gasteiger partial charge in [0.2, 0.25) is 5.91 Å². The Labute approximate surface area is 129 Å². The van der Waals surface area contributed by atoms with Gasteiger partial charge in [0.25, 0.3) is 0 Å². The number of hydrogen-bond donors (Lipinski definition) is 2. The number of nitrogens with one attached hydrogen (secondary N) is 1. The minimum Gasteiger partial charge on any atom is -0.496 e. The average molecular weight is 303 g/mol. The van der Waals surface area contributed by atoms with Crippen molar-refractivity contribution in [3.05, 3.63) is 54.0 Å². The molecule has 2 N–H and O–H groups in total. The lowest BCUT2D eigenvalue weighted by atomic mass is 9.96. The predicted octanol–water partition coefficient (Wildman–Crippen LogP) is 2.63. The highest BCUT2D eigenvalue weighted by molar-refractivity contribution is 5.77. The number of carbonyl (C=O) groups excluding carboxylic acids is 1. The fourth-order valence-corrected chi connectivity index (χ4v) is 2.41. The molecule has 118 valence electrons. The van der Waals surface area contributed by atoms with Crippen molar-refractivity contribution >= 4 is 5.91 Å². The number of ether oxygens (including phenoxy) is 1. The molecule has 0 aliphatic rings. The maximum absolute atomic E-state index is 12.2. The molecule has 22 heavy (non-hydrogen) atoms. The monoisotopic (exact) mass is 303 g/mol. The predicted molar refractivity (Wildman–Crippen MR) is 82.7 cm³/mol. The summed E-state index contributed by atoms with van der Waals surface area (Å²) in [6.07, 6.45) is 1.82. The Hall–Kier alpha value is -2.27. The number of rotatable bonds is 7. The Kier molecular flexibility index (Phi) is 5.61. The fraction of sp³-hybridized carbons (Fsp3) is 0.353. The van der Waals surface area contributed by atoms with Crippen LogP contribution in [-0.2, 0) is 4.79 Å². The third-order valence-electron chi connectivity index (χ3n) is 3.57. The quantitative estimate of drug-likeness (QED) is 0.825. The summed E-state index contributed by atoms with van der Waals surface area (Å²) in [6, 6.07) is 10.6. The summed E-state index contributed by atoms with van der Waals surface area (Å²) >= 11 is 0. The topological polar surface area (TPSA) is 71.7 Å². The number of hydrogen-bond acceptors (Lipinski definition) is 4. The molecule has 0 aliphatic heterocycles. The van der Waals surface area contributed by atoms with Crippen molar-refractivity contribution in [2.75, 3.05) is 13.7 Å². The molecule has 2 atom stereocenters. The minimum atomic E-state index is -0.521. The van der Waals surface area contributed by atoms with Crippen LogP contribution in [0.4, 0.5) is 0 Å². The van der Waals surface area contributed by atoms with Gasteiger partial charge >= 0.3 is 0 Å². The zero-order valence-electron chi connectivity index (χ0n) is 12.8. The van der Waals surface area contributed by atoms with Crippen LogP contribution in [-0.4, -0.2) is 24.7 Å². The van der Waals surface area contributed by atoms with Crippen molar-refractivity contribution in [3.8, 4) is 5.75 Å². The van der Waals surface area contributed by atoms with Gasteiger partial charge in [-0.05, 0) is 29.7 Å². The van der Waals surface area contributed by atoms with Crippen LogP contribution < -0.4 is 10.1 Å². The molecule has 1 aromatic carbocycles. The summed E-state index contributed by atoms with van der Waals surface area (Å²) < 4.78 is 10.5. The molecule has 0 saturated heterocycles. The van der Waals surface area contributed by atoms with Crippen molar-refractivity contribution in [2.45, 2.75) is 25.3 Å². The molecule has 0 fully saturated rings. The minimum absolute atomic E-state index is 0.00657. The van der Waals surface area contributed by atoms with E-state index in [0.717, 1.165) is 11.3 Å². The molecule has 1 aromatic heterocycles. The molecule has 1 amide bonds. The molecule has 0 radical (unpaired) electrons. The van der Waals surface area contributed by atoms with Crippen LogP contribution in [0.1, 0.15) is 36.6 Å². The summed E-state index contributed by atoms with van der Waals surface area (Å²) in [5.41, 5.74) is 0.985. The SMILES string of the molecule is COc1ccccc1C(C)CC(=O)NC(CO)c1ccco1. The van der Waals surface area contributed by atoms with E-state index in [1.807, 2.05) is 31.2 Å². The Morgan fingerprint density at radius 2 is 2.09 bits per heavy atom. The molecule has 5 nitrogen and oxygen atoms in total. The fourth-order valence-electron chi connectivity index (χ4n) is 2.41. The number of aliphatic hydroxyl groups is 1. The zero-order chi connectivity index (χ0) is 15.9. The van der Waals surface area contributed by atoms with E-state index >= 15 is 0 Å². The number of aliphatic hydroxyl groups excluding tert-OH is 1. The average Bonchev–Trinajstić information content (AvgIpc) is 3.06. The van der Waals surface area contributed by atoms with Gasteiger partial charge in [-0.25, -0.2) is 0 Å². The van der Waals surface area contributed by atoms with Crippen LogP contribution in [0.5, 0.6) is 5.75 Å². The molecule has 2 rings (SSSR count). The maximum atomic E-state index is 12.2. The number of methoxy groups -OCH3 is 1. The van der Waals surface area contributed by atoms with Crippen molar-refractivity contribution in [1.29, 1.82) is 0 Å². The third kappa shape index (κ3) is 3.89. The van der Waals surface area contributed by atoms with E-state index in [1.165, 1.54) is 6.26 Å². The van der Waals surface area contributed by atoms with Crippen molar-refractivity contribution in [2.24, 2.45) is 0 Å². The number of furan rings is 1. The number of carbonyl (C=O) groups is 1. The molecule has 5 heteroatoms. The van der Waals surface area contributed by atoms with Crippen LogP contribution >= 0.6 is 0 Å². The molecule has 2 aromatic rings. The highest BCUT2D eigenvalue weighted by Gasteiger charge is 2.19. The van der Waals surface area contributed by atoms with Gasteiger partial charge in [0.05, 0.1) is 20.0 Å². The first-order valence-corrected chi connectivity index (χ1v) is 7.22. The number of benzene rings is 1. The van der Waals surface area contributed by atoms with Gasteiger partial charge in [-0.1, -0.05) is 25.1 Å². The van der Waals surface area contributed by atoms with E-state index in [9.17, 15) is 9.90 Å². The molecule has 0 aliphatic carbocycles. The molecular weight excluding hydrogens is 282 g/mol. The molecule has 0 bridgehead atoms. The molecule has 1 heterocycles. The first kappa shape index (κ1) is 16.1. The lowest BCUT2D eigenvalue weighted by Gasteiger charge is -2.18. The van der Waals surface area contributed by atoms with E-state index in [1.54, 1.807) is 19.2 Å². The summed E-state index contributed by atoms with van der Waals surface area (Å²) in [5, 5.41) is 12.2. The lowest BCUT2D eigenvalue weighted by molar-refractivity contribution is -0.122. The summed E-state index contributed by atoms with van der Waals surface area (Å²) in [5.74, 6) is 1.18. The van der Waals surface area contributed by atoms with Crippen molar-refractivity contribution < 1.29 is 19.1 Å². The summed E-state index contributed by atoms with van der Waals surface area (Å²) in [7, 11) is 1.62. The first-order valence-electron chi connectivity index (χ1n) is 7.22. The standard InChI is InChI=1S/C17H21NO4/c1-12(13-6-3-4-7-15(13)21-2)10-17(20)18-14(11-19)16-8-5-9-22-16/h3-9,12,14,19H,10-11H2,1-2H3,(H,18,20). The second kappa shape index (κ2) is 7.66. The Bertz CT molecular complexity index is 594. The van der Waals surface area contributed by atoms with E-state index in [4.69, 9.17) is 9.15 Å². The van der Waals surface area contributed by atoms with Gasteiger partial charge in [-0.15, -0.1) is 0 Å². The third-order valence-corrected chi connectivity index (χ3v) is 3.57. The molecule has 0 spiro atoms. The largest absolute Gasteiger partial charge is 0.496 e. The van der Waals surface area contributed by atoms with Gasteiger partial charge in [0.1, 0.15) is 17.6 Å². The lowest BCUT2D eigenvalue weighted by Crippen LogP contribution is -2.31. The maximum Gasteiger partial charge on any atom is 0.221 e. The molecule has 2 unspecified atom stereocenters.